The number of nitrogens with zero attached hydrogens (tertiary/aromatic N) is 2. The maximum atomic E-state index is 12.3. The standard InChI is InChI=1S/C18H29N3O5/c1-13-15(14(2)26-20-13)11-24-17-12-23-10-6-16(17)19-18(22)5-8-21-7-3-4-9-25-21/h16-17H,3-12H2,1-2H3,(H,19,22)/t16-,17-/m1/s1. The van der Waals surface area contributed by atoms with Gasteiger partial charge in [-0.25, -0.2) is 0 Å². The monoisotopic (exact) mass is 367 g/mol. The van der Waals surface area contributed by atoms with Crippen LogP contribution >= 0.6 is 0 Å². The molecule has 1 aromatic rings. The Balaban J connectivity index is 1.46. The van der Waals surface area contributed by atoms with Gasteiger partial charge in [-0.05, 0) is 33.1 Å². The van der Waals surface area contributed by atoms with E-state index in [-0.39, 0.29) is 18.1 Å². The molecular formula is C18H29N3O5. The molecule has 2 aliphatic rings. The van der Waals surface area contributed by atoms with Crippen LogP contribution in [0, 0.1) is 13.8 Å². The molecule has 2 fully saturated rings. The normalized spacial score (nSPS) is 24.5. The smallest absolute Gasteiger partial charge is 0.221 e. The minimum absolute atomic E-state index is 0.0250. The fourth-order valence-electron chi connectivity index (χ4n) is 3.27. The molecule has 0 unspecified atom stereocenters. The van der Waals surface area contributed by atoms with Crippen molar-refractivity contribution in [3.05, 3.63) is 17.0 Å². The lowest BCUT2D eigenvalue weighted by atomic mass is 10.1. The van der Waals surface area contributed by atoms with Crippen molar-refractivity contribution >= 4 is 5.91 Å². The molecule has 1 amide bonds. The number of hydrogen-bond donors (Lipinski definition) is 1. The molecule has 1 N–H and O–H groups in total. The highest BCUT2D eigenvalue weighted by Gasteiger charge is 2.28. The minimum atomic E-state index is -0.173. The average Bonchev–Trinajstić information content (AvgIpc) is 2.98. The number of hydrogen-bond acceptors (Lipinski definition) is 7. The van der Waals surface area contributed by atoms with E-state index in [0.29, 0.717) is 32.8 Å². The van der Waals surface area contributed by atoms with Crippen molar-refractivity contribution < 1.29 is 23.6 Å². The van der Waals surface area contributed by atoms with Crippen LogP contribution in [0.4, 0.5) is 0 Å². The molecule has 3 heterocycles. The van der Waals surface area contributed by atoms with E-state index in [9.17, 15) is 4.79 Å². The number of hydroxylamine groups is 2. The Hall–Kier alpha value is -1.48. The SMILES string of the molecule is Cc1noc(C)c1CO[C@@H]1COCC[C@H]1NC(=O)CCN1CCCCO1. The third kappa shape index (κ3) is 5.26. The summed E-state index contributed by atoms with van der Waals surface area (Å²) in [5.41, 5.74) is 1.80. The number of rotatable bonds is 7. The third-order valence-electron chi connectivity index (χ3n) is 4.94. The van der Waals surface area contributed by atoms with E-state index in [1.165, 1.54) is 0 Å². The Bertz CT molecular complexity index is 566. The summed E-state index contributed by atoms with van der Waals surface area (Å²) in [6.45, 7) is 7.55. The topological polar surface area (TPSA) is 86.1 Å². The van der Waals surface area contributed by atoms with Gasteiger partial charge in [-0.15, -0.1) is 0 Å². The lowest BCUT2D eigenvalue weighted by molar-refractivity contribution is -0.181. The second kappa shape index (κ2) is 9.45. The molecule has 8 nitrogen and oxygen atoms in total. The van der Waals surface area contributed by atoms with E-state index in [1.54, 1.807) is 0 Å². The van der Waals surface area contributed by atoms with Gasteiger partial charge in [-0.3, -0.25) is 9.63 Å². The van der Waals surface area contributed by atoms with Gasteiger partial charge in [0.2, 0.25) is 5.91 Å². The van der Waals surface area contributed by atoms with E-state index in [1.807, 2.05) is 18.9 Å². The molecule has 2 atom stereocenters. The second-order valence-electron chi connectivity index (χ2n) is 6.91. The predicted octanol–water partition coefficient (Wildman–Crippen LogP) is 1.50. The summed E-state index contributed by atoms with van der Waals surface area (Å²) < 4.78 is 16.7. The average molecular weight is 367 g/mol. The van der Waals surface area contributed by atoms with Gasteiger partial charge in [0.25, 0.3) is 0 Å². The number of nitrogens with one attached hydrogen (secondary N) is 1. The zero-order valence-electron chi connectivity index (χ0n) is 15.7. The highest BCUT2D eigenvalue weighted by Crippen LogP contribution is 2.18. The molecule has 0 aromatic carbocycles. The van der Waals surface area contributed by atoms with Crippen LogP contribution < -0.4 is 5.32 Å². The number of aryl methyl sites for hydroxylation is 2. The number of ether oxygens (including phenoxy) is 2. The van der Waals surface area contributed by atoms with Crippen molar-refractivity contribution in [3.8, 4) is 0 Å². The Labute approximate surface area is 154 Å². The Morgan fingerprint density at radius 1 is 1.35 bits per heavy atom. The maximum Gasteiger partial charge on any atom is 0.221 e. The minimum Gasteiger partial charge on any atom is -0.379 e. The lowest BCUT2D eigenvalue weighted by Crippen LogP contribution is -2.50. The van der Waals surface area contributed by atoms with Gasteiger partial charge in [0.15, 0.2) is 0 Å². The maximum absolute atomic E-state index is 12.3. The Kier molecular flexibility index (Phi) is 7.01. The van der Waals surface area contributed by atoms with Crippen LogP contribution in [0.3, 0.4) is 0 Å². The summed E-state index contributed by atoms with van der Waals surface area (Å²) >= 11 is 0. The lowest BCUT2D eigenvalue weighted by Gasteiger charge is -2.32. The first-order chi connectivity index (χ1) is 12.6. The van der Waals surface area contributed by atoms with Crippen LogP contribution in [0.1, 0.15) is 42.7 Å². The molecule has 0 radical (unpaired) electrons. The molecule has 2 aliphatic heterocycles. The van der Waals surface area contributed by atoms with E-state index < -0.39 is 0 Å². The molecule has 0 aliphatic carbocycles. The van der Waals surface area contributed by atoms with Gasteiger partial charge < -0.3 is 19.3 Å². The Morgan fingerprint density at radius 3 is 2.96 bits per heavy atom. The van der Waals surface area contributed by atoms with Gasteiger partial charge in [-0.2, -0.15) is 5.06 Å². The van der Waals surface area contributed by atoms with Gasteiger partial charge in [0.1, 0.15) is 11.9 Å². The van der Waals surface area contributed by atoms with Crippen molar-refractivity contribution in [2.24, 2.45) is 0 Å². The summed E-state index contributed by atoms with van der Waals surface area (Å²) in [6, 6.07) is -0.0426. The van der Waals surface area contributed by atoms with Crippen molar-refractivity contribution in [3.63, 3.8) is 0 Å². The van der Waals surface area contributed by atoms with Crippen molar-refractivity contribution in [2.45, 2.75) is 58.3 Å². The molecule has 8 heteroatoms. The quantitative estimate of drug-likeness (QED) is 0.781. The zero-order valence-corrected chi connectivity index (χ0v) is 15.7. The van der Waals surface area contributed by atoms with Gasteiger partial charge in [0, 0.05) is 31.7 Å². The van der Waals surface area contributed by atoms with E-state index >= 15 is 0 Å². The van der Waals surface area contributed by atoms with Crippen LogP contribution in [-0.2, 0) is 25.7 Å². The Morgan fingerprint density at radius 2 is 2.23 bits per heavy atom. The van der Waals surface area contributed by atoms with E-state index in [4.69, 9.17) is 18.8 Å². The molecule has 1 aromatic heterocycles. The zero-order chi connectivity index (χ0) is 18.4. The van der Waals surface area contributed by atoms with Gasteiger partial charge >= 0.3 is 0 Å². The number of carbonyl (C=O) groups is 1. The number of aromatic nitrogens is 1. The fraction of sp³-hybridized carbons (Fsp3) is 0.778. The highest BCUT2D eigenvalue weighted by molar-refractivity contribution is 5.76. The third-order valence-corrected chi connectivity index (χ3v) is 4.94. The molecule has 146 valence electrons. The largest absolute Gasteiger partial charge is 0.379 e. The van der Waals surface area contributed by atoms with Crippen LogP contribution in [0.25, 0.3) is 0 Å². The molecule has 0 bridgehead atoms. The summed E-state index contributed by atoms with van der Waals surface area (Å²) in [4.78, 5) is 17.9. The van der Waals surface area contributed by atoms with Crippen molar-refractivity contribution in [2.75, 3.05) is 32.9 Å². The molecule has 0 spiro atoms. The van der Waals surface area contributed by atoms with Crippen molar-refractivity contribution in [1.29, 1.82) is 0 Å². The summed E-state index contributed by atoms with van der Waals surface area (Å²) in [7, 11) is 0. The molecular weight excluding hydrogens is 338 g/mol. The van der Waals surface area contributed by atoms with Crippen LogP contribution in [0.2, 0.25) is 0 Å². The molecule has 2 saturated heterocycles. The highest BCUT2D eigenvalue weighted by atomic mass is 16.7. The van der Waals surface area contributed by atoms with E-state index in [0.717, 1.165) is 49.4 Å². The summed E-state index contributed by atoms with van der Waals surface area (Å²) in [6.07, 6.45) is 3.22. The summed E-state index contributed by atoms with van der Waals surface area (Å²) in [5, 5.41) is 8.93. The first-order valence-electron chi connectivity index (χ1n) is 9.42. The first-order valence-corrected chi connectivity index (χ1v) is 9.42. The van der Waals surface area contributed by atoms with Crippen molar-refractivity contribution in [1.82, 2.24) is 15.5 Å². The molecule has 0 saturated carbocycles. The van der Waals surface area contributed by atoms with Crippen LogP contribution in [0.15, 0.2) is 4.52 Å². The number of amides is 1. The number of carbonyl (C=O) groups excluding carboxylic acids is 1. The first kappa shape index (κ1) is 19.3. The van der Waals surface area contributed by atoms with Crippen LogP contribution in [-0.4, -0.2) is 61.2 Å². The van der Waals surface area contributed by atoms with E-state index in [2.05, 4.69) is 10.5 Å². The molecule has 26 heavy (non-hydrogen) atoms. The molecule has 3 rings (SSSR count). The second-order valence-corrected chi connectivity index (χ2v) is 6.91. The summed E-state index contributed by atoms with van der Waals surface area (Å²) in [5.74, 6) is 0.790. The van der Waals surface area contributed by atoms with Gasteiger partial charge in [-0.1, -0.05) is 5.16 Å². The predicted molar refractivity (Wildman–Crippen MR) is 93.3 cm³/mol. The van der Waals surface area contributed by atoms with Crippen LogP contribution in [0.5, 0.6) is 0 Å². The fourth-order valence-corrected chi connectivity index (χ4v) is 3.27. The van der Waals surface area contributed by atoms with Gasteiger partial charge in [0.05, 0.1) is 31.6 Å².